The van der Waals surface area contributed by atoms with E-state index in [2.05, 4.69) is 58.4 Å². The summed E-state index contributed by atoms with van der Waals surface area (Å²) in [5.74, 6) is -0.294. The van der Waals surface area contributed by atoms with Gasteiger partial charge in [0, 0.05) is 37.1 Å². The quantitative estimate of drug-likeness (QED) is 0.370. The van der Waals surface area contributed by atoms with Crippen LogP contribution in [0.1, 0.15) is 30.2 Å². The van der Waals surface area contributed by atoms with Crippen molar-refractivity contribution in [1.82, 2.24) is 14.9 Å². The van der Waals surface area contributed by atoms with Crippen LogP contribution in [0, 0.1) is 12.3 Å². The number of nitrogens with one attached hydrogen (secondary N) is 2. The number of pyridine rings is 2. The Balaban J connectivity index is 1.46. The molecule has 194 valence electrons. The van der Waals surface area contributed by atoms with E-state index < -0.39 is 0 Å². The van der Waals surface area contributed by atoms with Gasteiger partial charge in [-0.25, -0.2) is 4.79 Å². The fraction of sp³-hybridized carbons (Fsp3) is 0.226. The van der Waals surface area contributed by atoms with Gasteiger partial charge in [-0.2, -0.15) is 0 Å². The summed E-state index contributed by atoms with van der Waals surface area (Å²) in [4.78, 5) is 35.4. The third-order valence-corrected chi connectivity index (χ3v) is 6.56. The van der Waals surface area contributed by atoms with E-state index in [1.165, 1.54) is 4.90 Å². The summed E-state index contributed by atoms with van der Waals surface area (Å²) in [5, 5.41) is 5.72. The lowest BCUT2D eigenvalue weighted by atomic mass is 9.79. The summed E-state index contributed by atoms with van der Waals surface area (Å²) in [6.07, 6.45) is 15.3. The zero-order chi connectivity index (χ0) is 27.3. The van der Waals surface area contributed by atoms with Crippen LogP contribution < -0.4 is 10.6 Å². The van der Waals surface area contributed by atoms with Crippen LogP contribution in [0.5, 0.6) is 0 Å². The van der Waals surface area contributed by atoms with Gasteiger partial charge < -0.3 is 15.5 Å². The average Bonchev–Trinajstić information content (AvgIpc) is 2.90. The second-order valence-electron chi connectivity index (χ2n) is 10.1. The fourth-order valence-electron chi connectivity index (χ4n) is 4.28. The first-order chi connectivity index (χ1) is 18.1. The molecule has 0 fully saturated rings. The molecule has 0 radical (unpaired) electrons. The summed E-state index contributed by atoms with van der Waals surface area (Å²) in [6.45, 7) is 8.23. The second kappa shape index (κ2) is 11.3. The van der Waals surface area contributed by atoms with E-state index in [1.807, 2.05) is 43.3 Å². The number of aryl methyl sites for hydroxylation is 1. The number of hydrogen-bond donors (Lipinski definition) is 2. The minimum atomic E-state index is -0.294. The summed E-state index contributed by atoms with van der Waals surface area (Å²) in [6, 6.07) is 11.3. The van der Waals surface area contributed by atoms with E-state index in [0.29, 0.717) is 16.9 Å². The third kappa shape index (κ3) is 6.42. The van der Waals surface area contributed by atoms with Gasteiger partial charge in [-0.05, 0) is 66.1 Å². The lowest BCUT2D eigenvalue weighted by Crippen LogP contribution is -2.27. The first kappa shape index (κ1) is 26.5. The van der Waals surface area contributed by atoms with Gasteiger partial charge in [-0.3, -0.25) is 14.8 Å². The molecule has 1 aliphatic carbocycles. The number of carbonyl (C=O) groups excluding carboxylic acids is 2. The van der Waals surface area contributed by atoms with Crippen molar-refractivity contribution in [3.05, 3.63) is 103 Å². The van der Waals surface area contributed by atoms with Gasteiger partial charge in [-0.1, -0.05) is 49.9 Å². The van der Waals surface area contributed by atoms with E-state index in [9.17, 15) is 9.59 Å². The molecule has 38 heavy (non-hydrogen) atoms. The molecule has 0 saturated carbocycles. The van der Waals surface area contributed by atoms with E-state index in [4.69, 9.17) is 0 Å². The first-order valence-corrected chi connectivity index (χ1v) is 12.5. The molecular weight excluding hydrogens is 474 g/mol. The van der Waals surface area contributed by atoms with Gasteiger partial charge in [0.05, 0.1) is 23.8 Å². The van der Waals surface area contributed by atoms with E-state index in [0.717, 1.165) is 40.8 Å². The Morgan fingerprint density at radius 1 is 1.00 bits per heavy atom. The van der Waals surface area contributed by atoms with Crippen LogP contribution in [-0.2, 0) is 11.2 Å². The molecule has 0 spiro atoms. The Labute approximate surface area is 224 Å². The summed E-state index contributed by atoms with van der Waals surface area (Å²) in [7, 11) is 3.35. The Bertz CT molecular complexity index is 1420. The molecule has 0 bridgehead atoms. The summed E-state index contributed by atoms with van der Waals surface area (Å²) >= 11 is 0. The lowest BCUT2D eigenvalue weighted by molar-refractivity contribution is -0.111. The summed E-state index contributed by atoms with van der Waals surface area (Å²) < 4.78 is 0. The Hall–Kier alpha value is -4.52. The third-order valence-electron chi connectivity index (χ3n) is 6.56. The molecule has 1 aromatic carbocycles. The SMILES string of the molecule is C=C(C(=O)Nc1ccc(CC2(C)C=CC=CC2)nc1)c1cc(-c2cncc(NC(=O)N(C)C)c2)ccc1C. The lowest BCUT2D eigenvalue weighted by Gasteiger charge is -2.26. The van der Waals surface area contributed by atoms with Crippen LogP contribution in [0.4, 0.5) is 16.2 Å². The number of urea groups is 1. The summed E-state index contributed by atoms with van der Waals surface area (Å²) in [5.41, 5.74) is 5.92. The number of aromatic nitrogens is 2. The number of anilines is 2. The second-order valence-corrected chi connectivity index (χ2v) is 10.1. The highest BCUT2D eigenvalue weighted by atomic mass is 16.2. The number of nitrogens with zero attached hydrogens (tertiary/aromatic N) is 3. The van der Waals surface area contributed by atoms with Crippen molar-refractivity contribution < 1.29 is 9.59 Å². The maximum absolute atomic E-state index is 13.1. The molecule has 4 rings (SSSR count). The van der Waals surface area contributed by atoms with Crippen LogP contribution in [0.15, 0.2) is 85.9 Å². The normalized spacial score (nSPS) is 16.1. The van der Waals surface area contributed by atoms with Crippen molar-refractivity contribution in [3.63, 3.8) is 0 Å². The highest BCUT2D eigenvalue weighted by Gasteiger charge is 2.22. The van der Waals surface area contributed by atoms with Crippen LogP contribution in [-0.4, -0.2) is 40.9 Å². The molecular formula is C31H33N5O2. The van der Waals surface area contributed by atoms with Crippen molar-refractivity contribution in [2.45, 2.75) is 26.7 Å². The molecule has 0 saturated heterocycles. The van der Waals surface area contributed by atoms with Gasteiger partial charge in [0.1, 0.15) is 0 Å². The molecule has 7 nitrogen and oxygen atoms in total. The molecule has 1 atom stereocenters. The van der Waals surface area contributed by atoms with Crippen molar-refractivity contribution in [3.8, 4) is 11.1 Å². The zero-order valence-electron chi connectivity index (χ0n) is 22.3. The van der Waals surface area contributed by atoms with E-state index in [1.54, 1.807) is 32.7 Å². The first-order valence-electron chi connectivity index (χ1n) is 12.5. The molecule has 2 heterocycles. The topological polar surface area (TPSA) is 87.2 Å². The van der Waals surface area contributed by atoms with Crippen molar-refractivity contribution in [2.75, 3.05) is 24.7 Å². The largest absolute Gasteiger partial charge is 0.331 e. The minimum Gasteiger partial charge on any atom is -0.331 e. The number of rotatable bonds is 7. The van der Waals surface area contributed by atoms with E-state index in [-0.39, 0.29) is 17.4 Å². The van der Waals surface area contributed by atoms with Crippen LogP contribution in [0.3, 0.4) is 0 Å². The highest BCUT2D eigenvalue weighted by molar-refractivity contribution is 6.25. The molecule has 2 N–H and O–H groups in total. The van der Waals surface area contributed by atoms with Gasteiger partial charge in [0.15, 0.2) is 0 Å². The fourth-order valence-corrected chi connectivity index (χ4v) is 4.28. The zero-order valence-corrected chi connectivity index (χ0v) is 22.3. The van der Waals surface area contributed by atoms with Crippen LogP contribution >= 0.6 is 0 Å². The smallest absolute Gasteiger partial charge is 0.321 e. The molecule has 2 aromatic heterocycles. The minimum absolute atomic E-state index is 0.0519. The van der Waals surface area contributed by atoms with Crippen LogP contribution in [0.2, 0.25) is 0 Å². The average molecular weight is 508 g/mol. The monoisotopic (exact) mass is 507 g/mol. The molecule has 3 amide bonds. The number of allylic oxidation sites excluding steroid dienone is 4. The maximum atomic E-state index is 13.1. The standard InChI is InChI=1S/C31H33N5O2/c1-21-9-10-23(24-15-27(19-32-18-24)35-30(38)36(4)5)16-28(21)22(2)29(37)34-26-12-11-25(33-20-26)17-31(3)13-7-6-8-14-31/h6-13,15-16,18-20H,2,14,17H2,1,3-5H3,(H,34,37)(H,35,38). The molecule has 1 unspecified atom stereocenters. The Morgan fingerprint density at radius 3 is 2.50 bits per heavy atom. The number of benzene rings is 1. The van der Waals surface area contributed by atoms with Crippen LogP contribution in [0.25, 0.3) is 16.7 Å². The Morgan fingerprint density at radius 2 is 1.82 bits per heavy atom. The Kier molecular flexibility index (Phi) is 7.86. The van der Waals surface area contributed by atoms with Gasteiger partial charge in [0.25, 0.3) is 5.91 Å². The number of carbonyl (C=O) groups is 2. The van der Waals surface area contributed by atoms with Crippen molar-refractivity contribution >= 4 is 28.9 Å². The maximum Gasteiger partial charge on any atom is 0.321 e. The predicted octanol–water partition coefficient (Wildman–Crippen LogP) is 6.26. The van der Waals surface area contributed by atoms with Crippen molar-refractivity contribution in [2.24, 2.45) is 5.41 Å². The molecule has 0 aliphatic heterocycles. The van der Waals surface area contributed by atoms with Gasteiger partial charge >= 0.3 is 6.03 Å². The predicted molar refractivity (Wildman–Crippen MR) is 154 cm³/mol. The molecule has 3 aromatic rings. The van der Waals surface area contributed by atoms with Gasteiger partial charge in [0.2, 0.25) is 0 Å². The van der Waals surface area contributed by atoms with E-state index >= 15 is 0 Å². The van der Waals surface area contributed by atoms with Crippen molar-refractivity contribution in [1.29, 1.82) is 0 Å². The van der Waals surface area contributed by atoms with Gasteiger partial charge in [-0.15, -0.1) is 0 Å². The molecule has 7 heteroatoms. The highest BCUT2D eigenvalue weighted by Crippen LogP contribution is 2.31. The molecule has 1 aliphatic rings. The number of hydrogen-bond acceptors (Lipinski definition) is 4. The number of amides is 3.